The van der Waals surface area contributed by atoms with Crippen LogP contribution in [0.5, 0.6) is 0 Å². The van der Waals surface area contributed by atoms with Gasteiger partial charge in [-0.15, -0.1) is 0 Å². The molecule has 1 saturated heterocycles. The number of hydrogen-bond acceptors (Lipinski definition) is 5. The Morgan fingerprint density at radius 3 is 2.64 bits per heavy atom. The second kappa shape index (κ2) is 8.82. The van der Waals surface area contributed by atoms with Crippen molar-refractivity contribution in [2.45, 2.75) is 6.04 Å². The minimum Gasteiger partial charge on any atom is -0.437 e. The summed E-state index contributed by atoms with van der Waals surface area (Å²) in [5.74, 6) is 0.241. The molecular formula is C22H23N3O3. The molecule has 0 radical (unpaired) electrons. The molecule has 1 fully saturated rings. The Labute approximate surface area is 163 Å². The Morgan fingerprint density at radius 1 is 1.11 bits per heavy atom. The van der Waals surface area contributed by atoms with E-state index in [0.29, 0.717) is 11.5 Å². The van der Waals surface area contributed by atoms with Gasteiger partial charge in [0.1, 0.15) is 5.52 Å². The van der Waals surface area contributed by atoms with Gasteiger partial charge in [-0.1, -0.05) is 42.5 Å². The van der Waals surface area contributed by atoms with Gasteiger partial charge in [-0.05, 0) is 17.7 Å². The number of amides is 1. The van der Waals surface area contributed by atoms with Crippen LogP contribution < -0.4 is 5.32 Å². The van der Waals surface area contributed by atoms with Gasteiger partial charge >= 0.3 is 0 Å². The highest BCUT2D eigenvalue weighted by Gasteiger charge is 2.19. The second-order valence-corrected chi connectivity index (χ2v) is 6.74. The molecule has 1 aliphatic heterocycles. The number of carbonyl (C=O) groups is 1. The number of rotatable bonds is 6. The minimum atomic E-state index is -0.177. The third kappa shape index (κ3) is 4.65. The molecule has 0 aliphatic carbocycles. The summed E-state index contributed by atoms with van der Waals surface area (Å²) in [5.41, 5.74) is 2.56. The van der Waals surface area contributed by atoms with Crippen molar-refractivity contribution in [1.82, 2.24) is 15.2 Å². The van der Waals surface area contributed by atoms with E-state index in [9.17, 15) is 4.79 Å². The lowest BCUT2D eigenvalue weighted by molar-refractivity contribution is -0.117. The van der Waals surface area contributed by atoms with Gasteiger partial charge in [0.05, 0.1) is 19.3 Å². The highest BCUT2D eigenvalue weighted by molar-refractivity contribution is 5.91. The highest BCUT2D eigenvalue weighted by Crippen LogP contribution is 2.17. The van der Waals surface area contributed by atoms with Crippen molar-refractivity contribution >= 4 is 23.1 Å². The van der Waals surface area contributed by atoms with Gasteiger partial charge < -0.3 is 14.5 Å². The normalized spacial score (nSPS) is 16.4. The van der Waals surface area contributed by atoms with E-state index in [4.69, 9.17) is 9.15 Å². The van der Waals surface area contributed by atoms with Crippen molar-refractivity contribution in [3.8, 4) is 0 Å². The summed E-state index contributed by atoms with van der Waals surface area (Å²) < 4.78 is 11.1. The highest BCUT2D eigenvalue weighted by atomic mass is 16.5. The zero-order valence-corrected chi connectivity index (χ0v) is 15.6. The standard InChI is InChI=1S/C22H23N3O3/c26-21(10-11-22-24-18-8-4-5-9-20(18)28-22)23-19(17-6-2-1-3-7-17)16-25-12-14-27-15-13-25/h1-11,19H,12-16H2,(H,23,26)/b11-10+. The fourth-order valence-corrected chi connectivity index (χ4v) is 3.29. The van der Waals surface area contributed by atoms with Crippen molar-refractivity contribution in [2.24, 2.45) is 0 Å². The molecule has 6 heteroatoms. The average Bonchev–Trinajstić information content (AvgIpc) is 3.16. The molecule has 4 rings (SSSR count). The lowest BCUT2D eigenvalue weighted by Crippen LogP contribution is -2.42. The molecule has 1 aromatic heterocycles. The maximum Gasteiger partial charge on any atom is 0.244 e. The van der Waals surface area contributed by atoms with Gasteiger partial charge in [0, 0.05) is 31.8 Å². The molecule has 1 aliphatic rings. The van der Waals surface area contributed by atoms with Gasteiger partial charge in [-0.2, -0.15) is 0 Å². The Balaban J connectivity index is 1.44. The number of para-hydroxylation sites is 2. The van der Waals surface area contributed by atoms with Crippen LogP contribution in [0.15, 0.2) is 65.1 Å². The summed E-state index contributed by atoms with van der Waals surface area (Å²) >= 11 is 0. The number of aromatic nitrogens is 1. The largest absolute Gasteiger partial charge is 0.437 e. The summed E-state index contributed by atoms with van der Waals surface area (Å²) in [6.07, 6.45) is 3.08. The van der Waals surface area contributed by atoms with Crippen LogP contribution in [0.3, 0.4) is 0 Å². The van der Waals surface area contributed by atoms with Crippen LogP contribution >= 0.6 is 0 Å². The Hall–Kier alpha value is -2.96. The molecule has 6 nitrogen and oxygen atoms in total. The van der Waals surface area contributed by atoms with E-state index in [2.05, 4.69) is 15.2 Å². The van der Waals surface area contributed by atoms with Gasteiger partial charge in [0.15, 0.2) is 5.58 Å². The second-order valence-electron chi connectivity index (χ2n) is 6.74. The van der Waals surface area contributed by atoms with Crippen molar-refractivity contribution in [1.29, 1.82) is 0 Å². The molecule has 1 atom stereocenters. The molecule has 2 heterocycles. The van der Waals surface area contributed by atoms with Gasteiger partial charge in [0.25, 0.3) is 0 Å². The number of ether oxygens (including phenoxy) is 1. The lowest BCUT2D eigenvalue weighted by Gasteiger charge is -2.30. The molecule has 144 valence electrons. The molecule has 0 bridgehead atoms. The average molecular weight is 377 g/mol. The van der Waals surface area contributed by atoms with Crippen molar-refractivity contribution < 1.29 is 13.9 Å². The number of fused-ring (bicyclic) bond motifs is 1. The molecule has 28 heavy (non-hydrogen) atoms. The number of nitrogens with zero attached hydrogens (tertiary/aromatic N) is 2. The summed E-state index contributed by atoms with van der Waals surface area (Å²) in [7, 11) is 0. The molecule has 1 unspecified atom stereocenters. The molecule has 1 N–H and O–H groups in total. The van der Waals surface area contributed by atoms with Crippen molar-refractivity contribution in [2.75, 3.05) is 32.8 Å². The lowest BCUT2D eigenvalue weighted by atomic mass is 10.1. The number of benzene rings is 2. The van der Waals surface area contributed by atoms with Crippen LogP contribution in [0.25, 0.3) is 17.2 Å². The van der Waals surface area contributed by atoms with Crippen LogP contribution in [0.1, 0.15) is 17.5 Å². The Bertz CT molecular complexity index is 913. The molecule has 0 saturated carbocycles. The Kier molecular flexibility index (Phi) is 5.80. The topological polar surface area (TPSA) is 67.6 Å². The number of morpholine rings is 1. The van der Waals surface area contributed by atoms with Crippen LogP contribution in [0, 0.1) is 0 Å². The van der Waals surface area contributed by atoms with E-state index < -0.39 is 0 Å². The van der Waals surface area contributed by atoms with Crippen molar-refractivity contribution in [3.05, 3.63) is 72.1 Å². The van der Waals surface area contributed by atoms with E-state index in [1.54, 1.807) is 6.08 Å². The van der Waals surface area contributed by atoms with E-state index in [-0.39, 0.29) is 11.9 Å². The number of oxazole rings is 1. The zero-order chi connectivity index (χ0) is 19.2. The first kappa shape index (κ1) is 18.4. The summed E-state index contributed by atoms with van der Waals surface area (Å²) in [4.78, 5) is 19.2. The Morgan fingerprint density at radius 2 is 1.86 bits per heavy atom. The summed E-state index contributed by atoms with van der Waals surface area (Å²) in [6, 6.07) is 17.5. The van der Waals surface area contributed by atoms with Crippen LogP contribution in [0.4, 0.5) is 0 Å². The first-order valence-corrected chi connectivity index (χ1v) is 9.47. The first-order chi connectivity index (χ1) is 13.8. The van der Waals surface area contributed by atoms with E-state index in [0.717, 1.165) is 43.9 Å². The van der Waals surface area contributed by atoms with Gasteiger partial charge in [-0.25, -0.2) is 4.98 Å². The maximum absolute atomic E-state index is 12.5. The van der Waals surface area contributed by atoms with Gasteiger partial charge in [0.2, 0.25) is 11.8 Å². The molecule has 1 amide bonds. The molecule has 0 spiro atoms. The van der Waals surface area contributed by atoms with Crippen LogP contribution in [-0.4, -0.2) is 48.6 Å². The van der Waals surface area contributed by atoms with Crippen molar-refractivity contribution in [3.63, 3.8) is 0 Å². The van der Waals surface area contributed by atoms with Crippen LogP contribution in [0.2, 0.25) is 0 Å². The quantitative estimate of drug-likeness (QED) is 0.669. The minimum absolute atomic E-state index is 0.0971. The number of hydrogen-bond donors (Lipinski definition) is 1. The van der Waals surface area contributed by atoms with E-state index >= 15 is 0 Å². The molecule has 2 aromatic carbocycles. The maximum atomic E-state index is 12.5. The van der Waals surface area contributed by atoms with E-state index in [1.165, 1.54) is 6.08 Å². The fraction of sp³-hybridized carbons (Fsp3) is 0.273. The SMILES string of the molecule is O=C(/C=C/c1nc2ccccc2o1)NC(CN1CCOCC1)c1ccccc1. The zero-order valence-electron chi connectivity index (χ0n) is 15.6. The smallest absolute Gasteiger partial charge is 0.244 e. The monoisotopic (exact) mass is 377 g/mol. The molecule has 3 aromatic rings. The van der Waals surface area contributed by atoms with Gasteiger partial charge in [-0.3, -0.25) is 9.69 Å². The van der Waals surface area contributed by atoms with E-state index in [1.807, 2.05) is 54.6 Å². The summed E-state index contributed by atoms with van der Waals surface area (Å²) in [5, 5.41) is 3.11. The van der Waals surface area contributed by atoms with Crippen LogP contribution in [-0.2, 0) is 9.53 Å². The first-order valence-electron chi connectivity index (χ1n) is 9.47. The summed E-state index contributed by atoms with van der Waals surface area (Å²) in [6.45, 7) is 3.95. The molecular weight excluding hydrogens is 354 g/mol. The third-order valence-corrected chi connectivity index (χ3v) is 4.75. The number of carbonyl (C=O) groups excluding carboxylic acids is 1. The third-order valence-electron chi connectivity index (χ3n) is 4.75. The predicted molar refractivity (Wildman–Crippen MR) is 108 cm³/mol. The fourth-order valence-electron chi connectivity index (χ4n) is 3.29. The predicted octanol–water partition coefficient (Wildman–Crippen LogP) is 3.03. The number of nitrogens with one attached hydrogen (secondary N) is 1.